The quantitative estimate of drug-likeness (QED) is 0.741. The number of aromatic nitrogens is 2. The molecule has 0 spiro atoms. The smallest absolute Gasteiger partial charge is 0.330 e. The van der Waals surface area contributed by atoms with Gasteiger partial charge in [0.05, 0.1) is 31.6 Å². The van der Waals surface area contributed by atoms with Crippen LogP contribution in [0.3, 0.4) is 0 Å². The molecule has 0 radical (unpaired) electrons. The fourth-order valence-corrected chi connectivity index (χ4v) is 1.66. The first-order chi connectivity index (χ1) is 9.33. The summed E-state index contributed by atoms with van der Waals surface area (Å²) < 4.78 is 60.7. The number of rotatable bonds is 8. The molecule has 0 aliphatic carbocycles. The highest BCUT2D eigenvalue weighted by atomic mass is 19.3. The number of methoxy groups -OCH3 is 1. The van der Waals surface area contributed by atoms with Crippen molar-refractivity contribution in [1.29, 1.82) is 0 Å². The average Bonchev–Trinajstić information content (AvgIpc) is 2.76. The molecule has 1 aromatic rings. The van der Waals surface area contributed by atoms with Crippen molar-refractivity contribution < 1.29 is 27.0 Å². The minimum absolute atomic E-state index is 0.214. The summed E-state index contributed by atoms with van der Waals surface area (Å²) >= 11 is 0. The van der Waals surface area contributed by atoms with Gasteiger partial charge in [-0.25, -0.2) is 8.78 Å². The van der Waals surface area contributed by atoms with E-state index in [4.69, 9.17) is 9.47 Å². The normalized spacial score (nSPS) is 13.8. The van der Waals surface area contributed by atoms with Crippen LogP contribution >= 0.6 is 0 Å². The van der Waals surface area contributed by atoms with Gasteiger partial charge in [0, 0.05) is 7.05 Å². The van der Waals surface area contributed by atoms with Gasteiger partial charge in [-0.1, -0.05) is 0 Å². The second-order valence-electron chi connectivity index (χ2n) is 4.14. The number of hydrogen-bond acceptors (Lipinski definition) is 4. The van der Waals surface area contributed by atoms with Crippen molar-refractivity contribution in [3.63, 3.8) is 0 Å². The number of ether oxygens (including phenoxy) is 2. The van der Waals surface area contributed by atoms with Crippen LogP contribution in [0.25, 0.3) is 0 Å². The van der Waals surface area contributed by atoms with Crippen LogP contribution in [0.15, 0.2) is 6.20 Å². The minimum atomic E-state index is -4.16. The lowest BCUT2D eigenvalue weighted by Gasteiger charge is -2.20. The Hall–Kier alpha value is -1.35. The van der Waals surface area contributed by atoms with E-state index in [9.17, 15) is 17.6 Å². The van der Waals surface area contributed by atoms with Crippen LogP contribution in [-0.2, 0) is 11.8 Å². The van der Waals surface area contributed by atoms with E-state index in [1.54, 1.807) is 14.1 Å². The highest BCUT2D eigenvalue weighted by molar-refractivity contribution is 5.28. The summed E-state index contributed by atoms with van der Waals surface area (Å²) in [6.07, 6.45) is -2.28. The van der Waals surface area contributed by atoms with Gasteiger partial charge >= 0.3 is 12.3 Å². The van der Waals surface area contributed by atoms with Crippen LogP contribution in [0.4, 0.5) is 17.6 Å². The van der Waals surface area contributed by atoms with Crippen molar-refractivity contribution in [2.75, 3.05) is 27.4 Å². The van der Waals surface area contributed by atoms with Crippen LogP contribution in [0.5, 0.6) is 5.75 Å². The van der Waals surface area contributed by atoms with Crippen molar-refractivity contribution >= 4 is 0 Å². The van der Waals surface area contributed by atoms with Gasteiger partial charge in [-0.05, 0) is 7.05 Å². The minimum Gasteiger partial charge on any atom is -0.493 e. The number of nitrogens with zero attached hydrogens (tertiary/aromatic N) is 2. The van der Waals surface area contributed by atoms with Crippen molar-refractivity contribution in [3.8, 4) is 5.75 Å². The molecule has 1 N–H and O–H groups in total. The Labute approximate surface area is 113 Å². The van der Waals surface area contributed by atoms with Crippen LogP contribution in [0.2, 0.25) is 0 Å². The van der Waals surface area contributed by atoms with Crippen molar-refractivity contribution in [1.82, 2.24) is 15.1 Å². The molecule has 1 aromatic heterocycles. The predicted molar refractivity (Wildman–Crippen MR) is 63.3 cm³/mol. The third-order valence-corrected chi connectivity index (χ3v) is 2.75. The Morgan fingerprint density at radius 1 is 1.45 bits per heavy atom. The molecule has 1 rings (SSSR count). The van der Waals surface area contributed by atoms with Crippen molar-refractivity contribution in [2.24, 2.45) is 7.05 Å². The zero-order valence-corrected chi connectivity index (χ0v) is 11.4. The van der Waals surface area contributed by atoms with Gasteiger partial charge in [0.25, 0.3) is 0 Å². The number of likely N-dealkylation sites (N-methyl/N-ethyl adjacent to an activating group) is 1. The Kier molecular flexibility index (Phi) is 5.75. The number of halogens is 4. The van der Waals surface area contributed by atoms with E-state index in [1.165, 1.54) is 18.0 Å². The molecule has 0 aromatic carbocycles. The van der Waals surface area contributed by atoms with Gasteiger partial charge < -0.3 is 14.8 Å². The summed E-state index contributed by atoms with van der Waals surface area (Å²) in [6, 6.07) is -0.508. The van der Waals surface area contributed by atoms with Crippen molar-refractivity contribution in [3.05, 3.63) is 11.9 Å². The van der Waals surface area contributed by atoms with Crippen LogP contribution in [0.1, 0.15) is 11.7 Å². The molecule has 0 bridgehead atoms. The van der Waals surface area contributed by atoms with Crippen molar-refractivity contribution in [2.45, 2.75) is 18.4 Å². The average molecular weight is 299 g/mol. The molecule has 5 nitrogen and oxygen atoms in total. The Bertz CT molecular complexity index is 426. The SMILES string of the molecule is CNC(COCC(F)(F)C(F)F)c1c(OC)cnn1C. The van der Waals surface area contributed by atoms with Gasteiger partial charge in [0.1, 0.15) is 6.61 Å². The third kappa shape index (κ3) is 3.83. The Balaban J connectivity index is 2.67. The highest BCUT2D eigenvalue weighted by Crippen LogP contribution is 2.26. The second kappa shape index (κ2) is 6.89. The fraction of sp³-hybridized carbons (Fsp3) is 0.727. The molecule has 0 aliphatic rings. The van der Waals surface area contributed by atoms with E-state index in [0.717, 1.165) is 0 Å². The number of alkyl halides is 4. The summed E-state index contributed by atoms with van der Waals surface area (Å²) in [6.45, 7) is -1.56. The van der Waals surface area contributed by atoms with E-state index < -0.39 is 25.0 Å². The molecule has 0 saturated heterocycles. The van der Waals surface area contributed by atoms with E-state index in [1.807, 2.05) is 0 Å². The molecule has 0 aliphatic heterocycles. The first-order valence-electron chi connectivity index (χ1n) is 5.80. The summed E-state index contributed by atoms with van der Waals surface area (Å²) in [5.41, 5.74) is 0.579. The molecule has 1 unspecified atom stereocenters. The number of hydrogen-bond donors (Lipinski definition) is 1. The zero-order chi connectivity index (χ0) is 15.3. The molecule has 0 amide bonds. The van der Waals surface area contributed by atoms with E-state index >= 15 is 0 Å². The second-order valence-corrected chi connectivity index (χ2v) is 4.14. The summed E-state index contributed by atoms with van der Waals surface area (Å²) in [5.74, 6) is -3.70. The molecular weight excluding hydrogens is 282 g/mol. The molecule has 9 heteroatoms. The molecule has 20 heavy (non-hydrogen) atoms. The zero-order valence-electron chi connectivity index (χ0n) is 11.4. The highest BCUT2D eigenvalue weighted by Gasteiger charge is 2.41. The van der Waals surface area contributed by atoms with Crippen LogP contribution in [-0.4, -0.2) is 49.5 Å². The van der Waals surface area contributed by atoms with Gasteiger partial charge in [0.15, 0.2) is 5.75 Å². The third-order valence-electron chi connectivity index (χ3n) is 2.75. The van der Waals surface area contributed by atoms with Gasteiger partial charge in [-0.15, -0.1) is 0 Å². The lowest BCUT2D eigenvalue weighted by molar-refractivity contribution is -0.167. The Morgan fingerprint density at radius 3 is 2.60 bits per heavy atom. The maximum Gasteiger partial charge on any atom is 0.330 e. The van der Waals surface area contributed by atoms with Crippen LogP contribution in [0, 0.1) is 0 Å². The molecule has 1 heterocycles. The monoisotopic (exact) mass is 299 g/mol. The fourth-order valence-electron chi connectivity index (χ4n) is 1.66. The molecule has 1 atom stereocenters. The topological polar surface area (TPSA) is 48.3 Å². The lowest BCUT2D eigenvalue weighted by atomic mass is 10.2. The predicted octanol–water partition coefficient (Wildman–Crippen LogP) is 1.61. The van der Waals surface area contributed by atoms with Crippen LogP contribution < -0.4 is 10.1 Å². The molecule has 0 saturated carbocycles. The molecular formula is C11H17F4N3O2. The summed E-state index contributed by atoms with van der Waals surface area (Å²) in [5, 5.41) is 6.81. The largest absolute Gasteiger partial charge is 0.493 e. The molecule has 0 fully saturated rings. The van der Waals surface area contributed by atoms with Gasteiger partial charge in [0.2, 0.25) is 0 Å². The first-order valence-corrected chi connectivity index (χ1v) is 5.80. The molecule has 116 valence electrons. The summed E-state index contributed by atoms with van der Waals surface area (Å²) in [4.78, 5) is 0. The van der Waals surface area contributed by atoms with E-state index in [2.05, 4.69) is 10.4 Å². The summed E-state index contributed by atoms with van der Waals surface area (Å²) in [7, 11) is 4.68. The maximum atomic E-state index is 12.7. The standard InChI is InChI=1S/C11H17F4N3O2/c1-16-7(5-20-6-11(14,15)10(12)13)9-8(19-3)4-17-18(9)2/h4,7,10,16H,5-6H2,1-3H3. The van der Waals surface area contributed by atoms with Gasteiger partial charge in [-0.3, -0.25) is 4.68 Å². The van der Waals surface area contributed by atoms with E-state index in [-0.39, 0.29) is 6.61 Å². The number of aryl methyl sites for hydroxylation is 1. The number of nitrogens with one attached hydrogen (secondary N) is 1. The maximum absolute atomic E-state index is 12.7. The lowest BCUT2D eigenvalue weighted by Crippen LogP contribution is -2.34. The Morgan fingerprint density at radius 2 is 2.10 bits per heavy atom. The van der Waals surface area contributed by atoms with Gasteiger partial charge in [-0.2, -0.15) is 13.9 Å². The first kappa shape index (κ1) is 16.7. The van der Waals surface area contributed by atoms with E-state index in [0.29, 0.717) is 11.4 Å².